The number of amides is 3. The zero-order chi connectivity index (χ0) is 34.4. The third-order valence-corrected chi connectivity index (χ3v) is 11.8. The second kappa shape index (κ2) is 12.8. The Hall–Kier alpha value is -3.97. The quantitative estimate of drug-likeness (QED) is 0.412. The molecule has 2 aromatic carbocycles. The van der Waals surface area contributed by atoms with E-state index in [1.54, 1.807) is 39.0 Å². The van der Waals surface area contributed by atoms with E-state index in [9.17, 15) is 32.7 Å². The maximum absolute atomic E-state index is 14.3. The summed E-state index contributed by atoms with van der Waals surface area (Å²) < 4.78 is 34.6. The summed E-state index contributed by atoms with van der Waals surface area (Å²) in [5.41, 5.74) is -2.29. The van der Waals surface area contributed by atoms with Gasteiger partial charge in [0.25, 0.3) is 0 Å². The Kier molecular flexibility index (Phi) is 9.05. The number of nitrogens with one attached hydrogen (secondary N) is 2. The molecule has 6 atom stereocenters. The molecule has 3 fully saturated rings. The number of hydrogen-bond acceptors (Lipinski definition) is 7. The maximum Gasteiger partial charge on any atom is 0.408 e. The molecule has 2 saturated heterocycles. The fourth-order valence-electron chi connectivity index (χ4n) is 7.45. The van der Waals surface area contributed by atoms with Crippen LogP contribution in [0.5, 0.6) is 0 Å². The standard InChI is InChI=1S/C35H44N4O8S/c1-34(2,3)47-33(44)36-28-14-8-6-4-5-7-13-25-18-35(25,32(42)43)37-30(40)29-27-21-38(19-24(27)20-39(29)31(28)41)48(45,46)26-16-15-22-11-9-10-12-23(22)17-26/h7,9-13,15-17,24-25,27-29H,4-6,8,14,18-21H2,1-3H3,(H,36,44)(H,37,40)(H,42,43)/b13-7-/t24-,25-,27-,28+,29-,35+/m0/s1. The van der Waals surface area contributed by atoms with E-state index in [1.807, 2.05) is 36.4 Å². The van der Waals surface area contributed by atoms with E-state index in [0.29, 0.717) is 12.8 Å². The highest BCUT2D eigenvalue weighted by Gasteiger charge is 2.63. The van der Waals surface area contributed by atoms with Crippen LogP contribution in [-0.2, 0) is 29.1 Å². The molecule has 0 unspecified atom stereocenters. The summed E-state index contributed by atoms with van der Waals surface area (Å²) in [5, 5.41) is 17.4. The largest absolute Gasteiger partial charge is 0.479 e. The predicted octanol–water partition coefficient (Wildman–Crippen LogP) is 3.66. The Morgan fingerprint density at radius 3 is 2.50 bits per heavy atom. The van der Waals surface area contributed by atoms with Crippen LogP contribution in [-0.4, -0.2) is 89.5 Å². The third-order valence-electron chi connectivity index (χ3n) is 10.0. The second-order valence-electron chi connectivity index (χ2n) is 14.5. The molecule has 258 valence electrons. The van der Waals surface area contributed by atoms with Crippen LogP contribution in [0.3, 0.4) is 0 Å². The van der Waals surface area contributed by atoms with Crippen LogP contribution in [0.1, 0.15) is 59.3 Å². The van der Waals surface area contributed by atoms with Crippen molar-refractivity contribution >= 4 is 44.7 Å². The maximum atomic E-state index is 14.3. The average molecular weight is 681 g/mol. The van der Waals surface area contributed by atoms with Crippen LogP contribution in [0, 0.1) is 17.8 Å². The molecule has 0 spiro atoms. The minimum Gasteiger partial charge on any atom is -0.479 e. The summed E-state index contributed by atoms with van der Waals surface area (Å²) in [6, 6.07) is 10.3. The number of carboxylic acids is 1. The van der Waals surface area contributed by atoms with Gasteiger partial charge in [-0.05, 0) is 75.3 Å². The van der Waals surface area contributed by atoms with E-state index in [-0.39, 0.29) is 42.8 Å². The zero-order valence-electron chi connectivity index (χ0n) is 27.6. The molecule has 4 aliphatic rings. The smallest absolute Gasteiger partial charge is 0.408 e. The summed E-state index contributed by atoms with van der Waals surface area (Å²) in [5.74, 6) is -3.61. The summed E-state index contributed by atoms with van der Waals surface area (Å²) >= 11 is 0. The molecule has 1 saturated carbocycles. The van der Waals surface area contributed by atoms with Crippen molar-refractivity contribution in [2.45, 2.75) is 87.4 Å². The van der Waals surface area contributed by atoms with Crippen molar-refractivity contribution in [3.05, 3.63) is 54.6 Å². The van der Waals surface area contributed by atoms with E-state index >= 15 is 0 Å². The lowest BCUT2D eigenvalue weighted by Gasteiger charge is -2.32. The van der Waals surface area contributed by atoms with Crippen molar-refractivity contribution in [3.63, 3.8) is 0 Å². The van der Waals surface area contributed by atoms with E-state index in [4.69, 9.17) is 4.74 Å². The van der Waals surface area contributed by atoms with Crippen molar-refractivity contribution in [2.75, 3.05) is 19.6 Å². The molecule has 13 heteroatoms. The number of carbonyl (C=O) groups is 4. The Morgan fingerprint density at radius 1 is 1.02 bits per heavy atom. The molecule has 3 N–H and O–H groups in total. The number of rotatable bonds is 4. The Labute approximate surface area is 280 Å². The van der Waals surface area contributed by atoms with Gasteiger partial charge in [-0.1, -0.05) is 55.3 Å². The lowest BCUT2D eigenvalue weighted by molar-refractivity contribution is -0.146. The monoisotopic (exact) mass is 680 g/mol. The Bertz CT molecular complexity index is 1750. The predicted molar refractivity (Wildman–Crippen MR) is 177 cm³/mol. The van der Waals surface area contributed by atoms with Crippen molar-refractivity contribution < 1.29 is 37.4 Å². The molecule has 0 aromatic heterocycles. The van der Waals surface area contributed by atoms with Gasteiger partial charge in [-0.2, -0.15) is 4.31 Å². The molecular formula is C35H44N4O8S. The SMILES string of the molecule is CC(C)(C)OC(=O)N[C@@H]1CCCCC/C=C\[C@H]2C[C@@]2(C(=O)O)NC(=O)[C@@H]2[C@H]3CN(S(=O)(=O)c4ccc5ccccc5c4)C[C@H]3CN2C1=O. The van der Waals surface area contributed by atoms with Crippen LogP contribution in [0.2, 0.25) is 0 Å². The molecular weight excluding hydrogens is 636 g/mol. The molecule has 0 radical (unpaired) electrons. The number of carbonyl (C=O) groups excluding carboxylic acids is 3. The number of nitrogens with zero attached hydrogens (tertiary/aromatic N) is 2. The molecule has 2 aromatic rings. The second-order valence-corrected chi connectivity index (χ2v) is 16.5. The van der Waals surface area contributed by atoms with Gasteiger partial charge in [-0.15, -0.1) is 0 Å². The third kappa shape index (κ3) is 6.67. The van der Waals surface area contributed by atoms with Gasteiger partial charge >= 0.3 is 12.1 Å². The van der Waals surface area contributed by atoms with Gasteiger partial charge < -0.3 is 25.4 Å². The average Bonchev–Trinajstić information content (AvgIpc) is 3.36. The minimum atomic E-state index is -3.94. The first-order valence-corrected chi connectivity index (χ1v) is 18.1. The molecule has 3 amide bonds. The highest BCUT2D eigenvalue weighted by molar-refractivity contribution is 7.89. The molecule has 3 heterocycles. The minimum absolute atomic E-state index is 0.0186. The highest BCUT2D eigenvalue weighted by atomic mass is 32.2. The van der Waals surface area contributed by atoms with Crippen LogP contribution in [0.15, 0.2) is 59.5 Å². The number of ether oxygens (including phenoxy) is 1. The van der Waals surface area contributed by atoms with Crippen LogP contribution < -0.4 is 10.6 Å². The number of benzene rings is 2. The molecule has 3 aliphatic heterocycles. The Balaban J connectivity index is 1.31. The van der Waals surface area contributed by atoms with Crippen molar-refractivity contribution in [1.29, 1.82) is 0 Å². The van der Waals surface area contributed by atoms with Gasteiger partial charge in [0.05, 0.1) is 4.90 Å². The van der Waals surface area contributed by atoms with Gasteiger partial charge in [-0.25, -0.2) is 18.0 Å². The molecule has 12 nitrogen and oxygen atoms in total. The van der Waals surface area contributed by atoms with Gasteiger partial charge in [-0.3, -0.25) is 9.59 Å². The van der Waals surface area contributed by atoms with Gasteiger partial charge in [0.15, 0.2) is 0 Å². The van der Waals surface area contributed by atoms with Crippen LogP contribution in [0.4, 0.5) is 4.79 Å². The lowest BCUT2D eigenvalue weighted by Crippen LogP contribution is -2.58. The van der Waals surface area contributed by atoms with Crippen molar-refractivity contribution in [3.8, 4) is 0 Å². The van der Waals surface area contributed by atoms with E-state index in [2.05, 4.69) is 10.6 Å². The number of fused-ring (bicyclic) bond motifs is 5. The Morgan fingerprint density at radius 2 is 1.77 bits per heavy atom. The van der Waals surface area contributed by atoms with Crippen LogP contribution >= 0.6 is 0 Å². The normalized spacial score (nSPS) is 30.6. The zero-order valence-corrected chi connectivity index (χ0v) is 28.4. The topological polar surface area (TPSA) is 162 Å². The molecule has 48 heavy (non-hydrogen) atoms. The number of sulfonamides is 1. The first kappa shape index (κ1) is 33.9. The van der Waals surface area contributed by atoms with Gasteiger partial charge in [0, 0.05) is 31.5 Å². The summed E-state index contributed by atoms with van der Waals surface area (Å²) in [6.07, 6.45) is 6.54. The number of alkyl carbamates (subject to hydrolysis) is 1. The van der Waals surface area contributed by atoms with Crippen LogP contribution in [0.25, 0.3) is 10.8 Å². The number of allylic oxidation sites excluding steroid dienone is 1. The van der Waals surface area contributed by atoms with Gasteiger partial charge in [0.2, 0.25) is 21.8 Å². The first-order valence-electron chi connectivity index (χ1n) is 16.7. The first-order chi connectivity index (χ1) is 22.7. The molecule has 6 rings (SSSR count). The van der Waals surface area contributed by atoms with E-state index in [1.165, 1.54) is 9.21 Å². The van der Waals surface area contributed by atoms with Crippen molar-refractivity contribution in [1.82, 2.24) is 19.8 Å². The number of carboxylic acid groups (broad SMARTS) is 1. The fourth-order valence-corrected chi connectivity index (χ4v) is 9.02. The summed E-state index contributed by atoms with van der Waals surface area (Å²) in [4.78, 5) is 55.4. The lowest BCUT2D eigenvalue weighted by atomic mass is 9.93. The van der Waals surface area contributed by atoms with Gasteiger partial charge in [0.1, 0.15) is 23.2 Å². The van der Waals surface area contributed by atoms with E-state index in [0.717, 1.165) is 30.0 Å². The van der Waals surface area contributed by atoms with Crippen molar-refractivity contribution in [2.24, 2.45) is 17.8 Å². The number of aliphatic carboxylic acids is 1. The molecule has 1 aliphatic carbocycles. The fraction of sp³-hybridized carbons (Fsp3) is 0.543. The van der Waals surface area contributed by atoms with E-state index < -0.39 is 63.0 Å². The highest BCUT2D eigenvalue weighted by Crippen LogP contribution is 2.46. The summed E-state index contributed by atoms with van der Waals surface area (Å²) in [7, 11) is -3.94. The summed E-state index contributed by atoms with van der Waals surface area (Å²) in [6.45, 7) is 5.33. The number of hydrogen-bond donors (Lipinski definition) is 3. The molecule has 0 bridgehead atoms.